The van der Waals surface area contributed by atoms with E-state index in [-0.39, 0.29) is 23.7 Å². The van der Waals surface area contributed by atoms with E-state index in [4.69, 9.17) is 0 Å². The maximum Gasteiger partial charge on any atom is 0.257 e. The number of hydrogen-bond donors (Lipinski definition) is 2. The number of amides is 1. The number of para-hydroxylation sites is 1. The number of ketones is 1. The van der Waals surface area contributed by atoms with E-state index < -0.39 is 12.1 Å². The number of carbonyl (C=O) groups is 2. The van der Waals surface area contributed by atoms with E-state index in [9.17, 15) is 9.59 Å². The molecule has 0 bridgehead atoms. The molecule has 2 aliphatic heterocycles. The summed E-state index contributed by atoms with van der Waals surface area (Å²) in [6.07, 6.45) is 0.233. The summed E-state index contributed by atoms with van der Waals surface area (Å²) in [5.74, 6) is -1.19. The second-order valence-electron chi connectivity index (χ2n) is 7.88. The zero-order valence-corrected chi connectivity index (χ0v) is 17.1. The Bertz CT molecular complexity index is 1060. The number of rotatable bonds is 3. The molecule has 0 aliphatic carbocycles. The molecule has 3 aromatic rings. The van der Waals surface area contributed by atoms with Crippen LogP contribution >= 0.6 is 11.3 Å². The van der Waals surface area contributed by atoms with Crippen LogP contribution in [0.2, 0.25) is 0 Å². The molecule has 2 saturated heterocycles. The molecule has 1 amide bonds. The van der Waals surface area contributed by atoms with Crippen molar-refractivity contribution in [2.75, 3.05) is 5.01 Å². The first-order chi connectivity index (χ1) is 14.0. The number of aryl methyl sites for hydroxylation is 1. The third kappa shape index (κ3) is 3.15. The Morgan fingerprint density at radius 1 is 1.10 bits per heavy atom. The number of anilines is 1. The minimum atomic E-state index is -0.728. The first kappa shape index (κ1) is 18.4. The molecule has 29 heavy (non-hydrogen) atoms. The Hall–Kier alpha value is -2.61. The highest BCUT2D eigenvalue weighted by molar-refractivity contribution is 7.22. The molecule has 7 heteroatoms. The third-order valence-electron chi connectivity index (χ3n) is 5.86. The lowest BCUT2D eigenvalue weighted by molar-refractivity contribution is -0.136. The molecule has 2 aliphatic rings. The lowest BCUT2D eigenvalue weighted by Gasteiger charge is -2.35. The Kier molecular flexibility index (Phi) is 4.46. The first-order valence-corrected chi connectivity index (χ1v) is 10.6. The van der Waals surface area contributed by atoms with Crippen molar-refractivity contribution in [3.63, 3.8) is 0 Å². The van der Waals surface area contributed by atoms with Crippen LogP contribution in [-0.4, -0.2) is 28.9 Å². The maximum atomic E-state index is 13.3. The summed E-state index contributed by atoms with van der Waals surface area (Å²) in [7, 11) is 0. The highest BCUT2D eigenvalue weighted by Gasteiger charge is 2.52. The second kappa shape index (κ2) is 7.02. The predicted molar refractivity (Wildman–Crippen MR) is 113 cm³/mol. The van der Waals surface area contributed by atoms with Crippen molar-refractivity contribution < 1.29 is 9.59 Å². The van der Waals surface area contributed by atoms with Gasteiger partial charge in [-0.05, 0) is 38.0 Å². The lowest BCUT2D eigenvalue weighted by Crippen LogP contribution is -2.59. The first-order valence-electron chi connectivity index (χ1n) is 9.82. The topological polar surface area (TPSA) is 74.3 Å². The summed E-state index contributed by atoms with van der Waals surface area (Å²) >= 11 is 1.44. The summed E-state index contributed by atoms with van der Waals surface area (Å²) in [5, 5.41) is 5.46. The SMILES string of the molecule is Cc1ccc(CC2C(=O)C3C(=O)N(c4nc5ccccc5s4)NC3NC2C)cc1. The molecule has 0 saturated carbocycles. The van der Waals surface area contributed by atoms with Crippen molar-refractivity contribution in [3.05, 3.63) is 59.7 Å². The van der Waals surface area contributed by atoms with Gasteiger partial charge < -0.3 is 0 Å². The number of benzene rings is 2. The van der Waals surface area contributed by atoms with Crippen molar-refractivity contribution in [2.45, 2.75) is 32.5 Å². The minimum absolute atomic E-state index is 0.00272. The van der Waals surface area contributed by atoms with Crippen LogP contribution in [0.4, 0.5) is 5.13 Å². The van der Waals surface area contributed by atoms with Crippen molar-refractivity contribution in [1.29, 1.82) is 0 Å². The van der Waals surface area contributed by atoms with E-state index in [1.807, 2.05) is 38.1 Å². The molecule has 1 aromatic heterocycles. The normalized spacial score (nSPS) is 26.9. The van der Waals surface area contributed by atoms with Gasteiger partial charge in [-0.3, -0.25) is 14.9 Å². The molecule has 3 heterocycles. The van der Waals surface area contributed by atoms with Crippen LogP contribution in [0.25, 0.3) is 10.2 Å². The van der Waals surface area contributed by atoms with Crippen LogP contribution in [0.1, 0.15) is 18.1 Å². The Morgan fingerprint density at radius 2 is 1.86 bits per heavy atom. The Morgan fingerprint density at radius 3 is 2.62 bits per heavy atom. The number of thiazole rings is 1. The highest BCUT2D eigenvalue weighted by atomic mass is 32.1. The van der Waals surface area contributed by atoms with Crippen LogP contribution in [0.15, 0.2) is 48.5 Å². The standard InChI is InChI=1S/C22H22N4O2S/c1-12-7-9-14(10-8-12)11-15-13(2)23-20-18(19(15)27)21(28)26(25-20)22-24-16-5-3-4-6-17(16)29-22/h3-10,13,15,18,20,23,25H,11H2,1-2H3. The molecular weight excluding hydrogens is 384 g/mol. The number of fused-ring (bicyclic) bond motifs is 2. The molecule has 0 radical (unpaired) electrons. The van der Waals surface area contributed by atoms with Crippen LogP contribution in [-0.2, 0) is 16.0 Å². The van der Waals surface area contributed by atoms with Gasteiger partial charge in [0.25, 0.3) is 5.91 Å². The maximum absolute atomic E-state index is 13.3. The van der Waals surface area contributed by atoms with Gasteiger partial charge in [0.05, 0.1) is 16.4 Å². The number of piperidine rings is 1. The van der Waals surface area contributed by atoms with Gasteiger partial charge in [-0.25, -0.2) is 15.4 Å². The van der Waals surface area contributed by atoms with Crippen molar-refractivity contribution in [3.8, 4) is 0 Å². The minimum Gasteiger partial charge on any atom is -0.298 e. The van der Waals surface area contributed by atoms with Crippen LogP contribution < -0.4 is 15.8 Å². The van der Waals surface area contributed by atoms with Gasteiger partial charge in [0, 0.05) is 12.0 Å². The summed E-state index contributed by atoms with van der Waals surface area (Å²) in [6, 6.07) is 16.0. The summed E-state index contributed by atoms with van der Waals surface area (Å²) in [6.45, 7) is 4.06. The molecule has 4 atom stereocenters. The number of aromatic nitrogens is 1. The number of nitrogens with one attached hydrogen (secondary N) is 2. The largest absolute Gasteiger partial charge is 0.298 e. The van der Waals surface area contributed by atoms with Gasteiger partial charge in [0.15, 0.2) is 5.78 Å². The molecule has 0 spiro atoms. The monoisotopic (exact) mass is 406 g/mol. The molecule has 2 N–H and O–H groups in total. The zero-order valence-electron chi connectivity index (χ0n) is 16.3. The number of hydrazine groups is 1. The van der Waals surface area contributed by atoms with Gasteiger partial charge in [-0.1, -0.05) is 53.3 Å². The Labute approximate surface area is 172 Å². The van der Waals surface area contributed by atoms with Crippen LogP contribution in [0, 0.1) is 18.8 Å². The molecule has 6 nitrogen and oxygen atoms in total. The van der Waals surface area contributed by atoms with E-state index in [0.29, 0.717) is 11.6 Å². The van der Waals surface area contributed by atoms with E-state index in [1.54, 1.807) is 0 Å². The van der Waals surface area contributed by atoms with Crippen LogP contribution in [0.3, 0.4) is 0 Å². The number of nitrogens with zero attached hydrogens (tertiary/aromatic N) is 2. The number of carbonyl (C=O) groups excluding carboxylic acids is 2. The average molecular weight is 407 g/mol. The predicted octanol–water partition coefficient (Wildman–Crippen LogP) is 2.82. The zero-order chi connectivity index (χ0) is 20.1. The number of Topliss-reactive ketones (excluding diaryl/α,β-unsaturated/α-hetero) is 1. The third-order valence-corrected chi connectivity index (χ3v) is 6.88. The van der Waals surface area contributed by atoms with Gasteiger partial charge in [-0.15, -0.1) is 0 Å². The molecular formula is C22H22N4O2S. The summed E-state index contributed by atoms with van der Waals surface area (Å²) in [4.78, 5) is 31.0. The van der Waals surface area contributed by atoms with Crippen molar-refractivity contribution in [2.24, 2.45) is 11.8 Å². The van der Waals surface area contributed by atoms with Gasteiger partial charge in [-0.2, -0.15) is 0 Å². The smallest absolute Gasteiger partial charge is 0.257 e. The molecule has 2 fully saturated rings. The average Bonchev–Trinajstić information content (AvgIpc) is 3.27. The summed E-state index contributed by atoms with van der Waals surface area (Å²) < 4.78 is 1.01. The molecule has 4 unspecified atom stereocenters. The van der Waals surface area contributed by atoms with E-state index in [0.717, 1.165) is 15.8 Å². The van der Waals surface area contributed by atoms with E-state index >= 15 is 0 Å². The van der Waals surface area contributed by atoms with E-state index in [1.165, 1.54) is 21.9 Å². The second-order valence-corrected chi connectivity index (χ2v) is 8.89. The highest BCUT2D eigenvalue weighted by Crippen LogP contribution is 2.34. The Balaban J connectivity index is 1.40. The van der Waals surface area contributed by atoms with Crippen LogP contribution in [0.5, 0.6) is 0 Å². The molecule has 5 rings (SSSR count). The van der Waals surface area contributed by atoms with Gasteiger partial charge >= 0.3 is 0 Å². The fourth-order valence-corrected chi connectivity index (χ4v) is 5.15. The van der Waals surface area contributed by atoms with Crippen molar-refractivity contribution in [1.82, 2.24) is 15.7 Å². The fraction of sp³-hybridized carbons (Fsp3) is 0.318. The van der Waals surface area contributed by atoms with Gasteiger partial charge in [0.2, 0.25) is 5.13 Å². The van der Waals surface area contributed by atoms with Crippen molar-refractivity contribution >= 4 is 38.4 Å². The number of hydrogen-bond acceptors (Lipinski definition) is 6. The molecule has 2 aromatic carbocycles. The fourth-order valence-electron chi connectivity index (χ4n) is 4.22. The van der Waals surface area contributed by atoms with Gasteiger partial charge in [0.1, 0.15) is 5.92 Å². The summed E-state index contributed by atoms with van der Waals surface area (Å²) in [5.41, 5.74) is 6.33. The van der Waals surface area contributed by atoms with E-state index in [2.05, 4.69) is 40.0 Å². The quantitative estimate of drug-likeness (QED) is 0.655. The molecule has 148 valence electrons. The lowest BCUT2D eigenvalue weighted by atomic mass is 9.79.